The minimum absolute atomic E-state index is 0.120. The first kappa shape index (κ1) is 14.9. The normalized spacial score (nSPS) is 30.0. The third-order valence-corrected chi connectivity index (χ3v) is 5.12. The van der Waals surface area contributed by atoms with Gasteiger partial charge >= 0.3 is 0 Å². The topological polar surface area (TPSA) is 75.7 Å². The number of imide groups is 1. The zero-order valence-corrected chi connectivity index (χ0v) is 13.3. The van der Waals surface area contributed by atoms with Gasteiger partial charge in [0.05, 0.1) is 24.0 Å². The van der Waals surface area contributed by atoms with Crippen LogP contribution in [-0.2, 0) is 9.59 Å². The lowest BCUT2D eigenvalue weighted by molar-refractivity contribution is -0.143. The van der Waals surface area contributed by atoms with Crippen LogP contribution < -0.4 is 10.2 Å². The summed E-state index contributed by atoms with van der Waals surface area (Å²) >= 11 is 0. The van der Waals surface area contributed by atoms with Crippen LogP contribution in [0.4, 0.5) is 0 Å². The van der Waals surface area contributed by atoms with E-state index in [0.29, 0.717) is 17.9 Å². The molecule has 1 aromatic rings. The fourth-order valence-electron chi connectivity index (χ4n) is 4.11. The fraction of sp³-hybridized carbons (Fsp3) is 0.389. The van der Waals surface area contributed by atoms with Gasteiger partial charge < -0.3 is 4.74 Å². The van der Waals surface area contributed by atoms with Gasteiger partial charge in [-0.25, -0.2) is 0 Å². The van der Waals surface area contributed by atoms with Crippen molar-refractivity contribution in [1.29, 1.82) is 0 Å². The molecular weight excluding hydrogens is 308 g/mol. The number of ether oxygens (including phenoxy) is 1. The van der Waals surface area contributed by atoms with Gasteiger partial charge in [-0.1, -0.05) is 24.3 Å². The first-order valence-electron chi connectivity index (χ1n) is 8.20. The van der Waals surface area contributed by atoms with Gasteiger partial charge in [0.1, 0.15) is 5.75 Å². The van der Waals surface area contributed by atoms with E-state index in [1.165, 1.54) is 0 Å². The summed E-state index contributed by atoms with van der Waals surface area (Å²) in [6.45, 7) is 2.25. The van der Waals surface area contributed by atoms with Gasteiger partial charge in [-0.3, -0.25) is 19.8 Å². The van der Waals surface area contributed by atoms with Gasteiger partial charge in [0.2, 0.25) is 0 Å². The van der Waals surface area contributed by atoms with Crippen molar-refractivity contribution in [2.75, 3.05) is 6.61 Å². The quantitative estimate of drug-likeness (QED) is 0.673. The molecule has 3 amide bonds. The van der Waals surface area contributed by atoms with Crippen LogP contribution in [0.5, 0.6) is 5.75 Å². The molecule has 1 saturated carbocycles. The van der Waals surface area contributed by atoms with Crippen LogP contribution in [0.2, 0.25) is 0 Å². The Balaban J connectivity index is 1.55. The molecule has 1 N–H and O–H groups in total. The van der Waals surface area contributed by atoms with Gasteiger partial charge in [0.25, 0.3) is 17.7 Å². The molecule has 3 aliphatic rings. The standard InChI is InChI=1S/C18H18N2O4/c1-2-24-13-6-4-3-5-12(13)16(21)19-20-17(22)14-10-7-8-11(9-10)15(14)18(20)23/h3-8,10-11,14-15H,2,9H2,1H3,(H,19,21)/t10-,11-,14+,15+/m0/s1. The number of hydrogen-bond acceptors (Lipinski definition) is 4. The molecule has 0 unspecified atom stereocenters. The molecule has 24 heavy (non-hydrogen) atoms. The van der Waals surface area contributed by atoms with E-state index >= 15 is 0 Å². The van der Waals surface area contributed by atoms with Crippen molar-refractivity contribution in [3.63, 3.8) is 0 Å². The number of amides is 3. The number of hydrazine groups is 1. The number of fused-ring (bicyclic) bond motifs is 5. The van der Waals surface area contributed by atoms with Crippen molar-refractivity contribution in [3.05, 3.63) is 42.0 Å². The van der Waals surface area contributed by atoms with E-state index in [4.69, 9.17) is 4.74 Å². The Bertz CT molecular complexity index is 727. The number of rotatable bonds is 4. The summed E-state index contributed by atoms with van der Waals surface area (Å²) in [5.74, 6) is -1.10. The molecule has 1 saturated heterocycles. The van der Waals surface area contributed by atoms with Crippen LogP contribution in [0.15, 0.2) is 36.4 Å². The van der Waals surface area contributed by atoms with Crippen molar-refractivity contribution in [2.24, 2.45) is 23.7 Å². The Hall–Kier alpha value is -2.63. The minimum Gasteiger partial charge on any atom is -0.493 e. The summed E-state index contributed by atoms with van der Waals surface area (Å²) in [6.07, 6.45) is 4.90. The van der Waals surface area contributed by atoms with Crippen LogP contribution in [0, 0.1) is 23.7 Å². The van der Waals surface area contributed by atoms with E-state index in [2.05, 4.69) is 5.43 Å². The first-order chi connectivity index (χ1) is 11.6. The second-order valence-corrected chi connectivity index (χ2v) is 6.38. The number of nitrogens with zero attached hydrogens (tertiary/aromatic N) is 1. The van der Waals surface area contributed by atoms with E-state index in [1.807, 2.05) is 19.1 Å². The maximum absolute atomic E-state index is 12.6. The number of allylic oxidation sites excluding steroid dienone is 2. The lowest BCUT2D eigenvalue weighted by atomic mass is 9.85. The van der Waals surface area contributed by atoms with Crippen LogP contribution in [0.1, 0.15) is 23.7 Å². The minimum atomic E-state index is -0.513. The molecule has 0 radical (unpaired) electrons. The number of hydrogen-bond donors (Lipinski definition) is 1. The lowest BCUT2D eigenvalue weighted by Gasteiger charge is -2.19. The molecule has 124 valence electrons. The molecule has 0 aromatic heterocycles. The molecule has 6 nitrogen and oxygen atoms in total. The van der Waals surface area contributed by atoms with Crippen molar-refractivity contribution in [2.45, 2.75) is 13.3 Å². The Morgan fingerprint density at radius 1 is 1.17 bits per heavy atom. The predicted molar refractivity (Wildman–Crippen MR) is 84.6 cm³/mol. The predicted octanol–water partition coefficient (Wildman–Crippen LogP) is 1.54. The Morgan fingerprint density at radius 3 is 2.42 bits per heavy atom. The van der Waals surface area contributed by atoms with E-state index in [9.17, 15) is 14.4 Å². The third kappa shape index (κ3) is 2.06. The number of para-hydroxylation sites is 1. The second kappa shape index (κ2) is 5.47. The number of benzene rings is 1. The summed E-state index contributed by atoms with van der Waals surface area (Å²) in [6, 6.07) is 6.77. The van der Waals surface area contributed by atoms with Crippen LogP contribution in [0.25, 0.3) is 0 Å². The smallest absolute Gasteiger partial charge is 0.274 e. The van der Waals surface area contributed by atoms with Gasteiger partial charge in [0.15, 0.2) is 0 Å². The van der Waals surface area contributed by atoms with Gasteiger partial charge in [-0.15, -0.1) is 0 Å². The van der Waals surface area contributed by atoms with Crippen molar-refractivity contribution < 1.29 is 19.1 Å². The molecular formula is C18H18N2O4. The number of carbonyl (C=O) groups is 3. The highest BCUT2D eigenvalue weighted by atomic mass is 16.5. The zero-order valence-electron chi connectivity index (χ0n) is 13.3. The van der Waals surface area contributed by atoms with Gasteiger partial charge in [-0.05, 0) is 37.3 Å². The highest BCUT2D eigenvalue weighted by Crippen LogP contribution is 2.52. The summed E-state index contributed by atoms with van der Waals surface area (Å²) < 4.78 is 5.44. The monoisotopic (exact) mass is 326 g/mol. The lowest BCUT2D eigenvalue weighted by Crippen LogP contribution is -2.47. The molecule has 1 heterocycles. The largest absolute Gasteiger partial charge is 0.493 e. The summed E-state index contributed by atoms with van der Waals surface area (Å²) in [5, 5.41) is 0.909. The Morgan fingerprint density at radius 2 is 1.79 bits per heavy atom. The number of carbonyl (C=O) groups excluding carboxylic acids is 3. The molecule has 1 aliphatic heterocycles. The van der Waals surface area contributed by atoms with E-state index in [1.54, 1.807) is 24.3 Å². The highest BCUT2D eigenvalue weighted by Gasteiger charge is 2.59. The molecule has 0 spiro atoms. The van der Waals surface area contributed by atoms with E-state index in [0.717, 1.165) is 11.4 Å². The molecule has 6 heteroatoms. The highest BCUT2D eigenvalue weighted by molar-refractivity contribution is 6.09. The van der Waals surface area contributed by atoms with Gasteiger partial charge in [-0.2, -0.15) is 5.01 Å². The van der Waals surface area contributed by atoms with Crippen LogP contribution in [-0.4, -0.2) is 29.3 Å². The molecule has 4 rings (SSSR count). The maximum atomic E-state index is 12.6. The van der Waals surface area contributed by atoms with Crippen molar-refractivity contribution >= 4 is 17.7 Å². The van der Waals surface area contributed by atoms with Crippen molar-refractivity contribution in [3.8, 4) is 5.75 Å². The molecule has 2 aliphatic carbocycles. The van der Waals surface area contributed by atoms with E-state index in [-0.39, 0.29) is 35.5 Å². The summed E-state index contributed by atoms with van der Waals surface area (Å²) in [4.78, 5) is 37.7. The van der Waals surface area contributed by atoms with Gasteiger partial charge in [0, 0.05) is 0 Å². The third-order valence-electron chi connectivity index (χ3n) is 5.12. The Labute approximate surface area is 139 Å². The average molecular weight is 326 g/mol. The Kier molecular flexibility index (Phi) is 3.40. The number of nitrogens with one attached hydrogen (secondary N) is 1. The molecule has 2 bridgehead atoms. The second-order valence-electron chi connectivity index (χ2n) is 6.38. The molecule has 2 fully saturated rings. The summed E-state index contributed by atoms with van der Waals surface area (Å²) in [5.41, 5.74) is 2.78. The van der Waals surface area contributed by atoms with E-state index < -0.39 is 5.91 Å². The fourth-order valence-corrected chi connectivity index (χ4v) is 4.11. The average Bonchev–Trinajstić information content (AvgIpc) is 3.25. The SMILES string of the molecule is CCOc1ccccc1C(=O)NN1C(=O)[C@H]2[C@H](C1=O)[C@H]1C=C[C@H]2C1. The molecule has 4 atom stereocenters. The first-order valence-corrected chi connectivity index (χ1v) is 8.20. The van der Waals surface area contributed by atoms with Crippen LogP contribution in [0.3, 0.4) is 0 Å². The molecule has 1 aromatic carbocycles. The summed E-state index contributed by atoms with van der Waals surface area (Å²) in [7, 11) is 0. The van der Waals surface area contributed by atoms with Crippen LogP contribution >= 0.6 is 0 Å². The maximum Gasteiger partial charge on any atom is 0.274 e. The zero-order chi connectivity index (χ0) is 16.8. The van der Waals surface area contributed by atoms with Crippen molar-refractivity contribution in [1.82, 2.24) is 10.4 Å².